The summed E-state index contributed by atoms with van der Waals surface area (Å²) < 4.78 is 27.2. The normalized spacial score (nSPS) is 11.3. The van der Waals surface area contributed by atoms with Crippen LogP contribution in [0, 0.1) is 6.92 Å². The molecule has 0 saturated carbocycles. The van der Waals surface area contributed by atoms with E-state index >= 15 is 0 Å². The lowest BCUT2D eigenvalue weighted by Crippen LogP contribution is -2.24. The highest BCUT2D eigenvalue weighted by Gasteiger charge is 2.16. The number of aryl methyl sites for hydroxylation is 2. The summed E-state index contributed by atoms with van der Waals surface area (Å²) in [5.74, 6) is -0.544. The number of anilines is 1. The Kier molecular flexibility index (Phi) is 4.62. The van der Waals surface area contributed by atoms with Crippen LogP contribution in [-0.2, 0) is 17.1 Å². The molecule has 0 atom stereocenters. The van der Waals surface area contributed by atoms with Crippen molar-refractivity contribution in [3.63, 3.8) is 0 Å². The first-order chi connectivity index (χ1) is 10.7. The Bertz CT molecular complexity index is 919. The smallest absolute Gasteiger partial charge is 0.276 e. The molecule has 1 aromatic heterocycles. The second-order valence-corrected chi connectivity index (χ2v) is 6.68. The molecule has 0 unspecified atom stereocenters. The van der Waals surface area contributed by atoms with E-state index < -0.39 is 15.9 Å². The van der Waals surface area contributed by atoms with Crippen molar-refractivity contribution in [3.8, 4) is 0 Å². The molecule has 0 bridgehead atoms. The van der Waals surface area contributed by atoms with E-state index in [-0.39, 0.29) is 16.1 Å². The number of rotatable bonds is 4. The van der Waals surface area contributed by atoms with E-state index in [0.29, 0.717) is 11.3 Å². The molecule has 0 spiro atoms. The number of hydrogen-bond donors (Lipinski definition) is 2. The minimum atomic E-state index is -3.63. The van der Waals surface area contributed by atoms with Crippen molar-refractivity contribution in [2.24, 2.45) is 7.05 Å². The molecule has 1 amide bonds. The lowest BCUT2D eigenvalue weighted by atomic mass is 10.2. The van der Waals surface area contributed by atoms with Crippen molar-refractivity contribution in [3.05, 3.63) is 51.9 Å². The third kappa shape index (κ3) is 3.63. The minimum absolute atomic E-state index is 0.0469. The van der Waals surface area contributed by atoms with Crippen molar-refractivity contribution < 1.29 is 13.2 Å². The Hall–Kier alpha value is -2.52. The Labute approximate surface area is 133 Å². The zero-order valence-electron chi connectivity index (χ0n) is 12.8. The van der Waals surface area contributed by atoms with Crippen LogP contribution in [0.2, 0.25) is 0 Å². The first-order valence-corrected chi connectivity index (χ1v) is 8.13. The van der Waals surface area contributed by atoms with Crippen LogP contribution >= 0.6 is 0 Å². The van der Waals surface area contributed by atoms with Crippen LogP contribution in [0.3, 0.4) is 0 Å². The Morgan fingerprint density at radius 2 is 1.91 bits per heavy atom. The summed E-state index contributed by atoms with van der Waals surface area (Å²) in [4.78, 5) is 23.5. The van der Waals surface area contributed by atoms with Crippen LogP contribution in [0.1, 0.15) is 16.1 Å². The number of amides is 1. The Morgan fingerprint density at radius 3 is 2.52 bits per heavy atom. The monoisotopic (exact) mass is 336 g/mol. The average Bonchev–Trinajstić information content (AvgIpc) is 2.51. The summed E-state index contributed by atoms with van der Waals surface area (Å²) in [6.07, 6.45) is 0. The summed E-state index contributed by atoms with van der Waals surface area (Å²) in [5, 5.41) is 6.39. The van der Waals surface area contributed by atoms with Gasteiger partial charge in [-0.25, -0.2) is 17.8 Å². The van der Waals surface area contributed by atoms with Gasteiger partial charge in [0.2, 0.25) is 10.0 Å². The van der Waals surface area contributed by atoms with Crippen molar-refractivity contribution in [2.75, 3.05) is 12.4 Å². The second kappa shape index (κ2) is 6.31. The van der Waals surface area contributed by atoms with E-state index in [2.05, 4.69) is 15.1 Å². The van der Waals surface area contributed by atoms with Crippen molar-refractivity contribution in [2.45, 2.75) is 11.8 Å². The van der Waals surface area contributed by atoms with Crippen LogP contribution in [0.5, 0.6) is 0 Å². The molecular weight excluding hydrogens is 320 g/mol. The SMILES string of the molecule is CNS(=O)(=O)c1cc(NC(=O)c2ccc(=O)n(C)n2)ccc1C. The molecule has 0 aliphatic rings. The van der Waals surface area contributed by atoms with E-state index in [9.17, 15) is 18.0 Å². The molecule has 1 heterocycles. The predicted octanol–water partition coefficient (Wildman–Crippen LogP) is 0.249. The highest BCUT2D eigenvalue weighted by atomic mass is 32.2. The lowest BCUT2D eigenvalue weighted by Gasteiger charge is -2.10. The highest BCUT2D eigenvalue weighted by molar-refractivity contribution is 7.89. The van der Waals surface area contributed by atoms with Gasteiger partial charge in [-0.2, -0.15) is 5.10 Å². The number of carbonyl (C=O) groups excluding carboxylic acids is 1. The molecule has 8 nitrogen and oxygen atoms in total. The van der Waals surface area contributed by atoms with Gasteiger partial charge in [0.1, 0.15) is 5.69 Å². The fourth-order valence-corrected chi connectivity index (χ4v) is 2.89. The molecule has 9 heteroatoms. The van der Waals surface area contributed by atoms with Gasteiger partial charge in [0.25, 0.3) is 11.5 Å². The number of nitrogens with one attached hydrogen (secondary N) is 2. The zero-order chi connectivity index (χ0) is 17.2. The second-order valence-electron chi connectivity index (χ2n) is 4.82. The molecule has 2 aromatic rings. The van der Waals surface area contributed by atoms with Crippen LogP contribution in [0.15, 0.2) is 40.0 Å². The van der Waals surface area contributed by atoms with Crippen molar-refractivity contribution in [1.29, 1.82) is 0 Å². The maximum Gasteiger partial charge on any atom is 0.276 e. The van der Waals surface area contributed by atoms with Crippen molar-refractivity contribution >= 4 is 21.6 Å². The topological polar surface area (TPSA) is 110 Å². The van der Waals surface area contributed by atoms with Crippen LogP contribution in [0.25, 0.3) is 0 Å². The highest BCUT2D eigenvalue weighted by Crippen LogP contribution is 2.20. The summed E-state index contributed by atoms with van der Waals surface area (Å²) in [5.41, 5.74) is 0.577. The van der Waals surface area contributed by atoms with Crippen LogP contribution in [0.4, 0.5) is 5.69 Å². The van der Waals surface area contributed by atoms with Crippen LogP contribution < -0.4 is 15.6 Å². The molecule has 0 fully saturated rings. The fourth-order valence-electron chi connectivity index (χ4n) is 1.90. The third-order valence-corrected chi connectivity index (χ3v) is 4.75. The van der Waals surface area contributed by atoms with Crippen molar-refractivity contribution in [1.82, 2.24) is 14.5 Å². The summed E-state index contributed by atoms with van der Waals surface area (Å²) in [6, 6.07) is 7.07. The molecule has 1 aromatic carbocycles. The van der Waals surface area contributed by atoms with Gasteiger partial charge in [0.05, 0.1) is 4.90 Å². The average molecular weight is 336 g/mol. The lowest BCUT2D eigenvalue weighted by molar-refractivity contribution is 0.102. The number of benzene rings is 1. The molecule has 0 radical (unpaired) electrons. The van der Waals surface area contributed by atoms with E-state index in [4.69, 9.17) is 0 Å². The van der Waals surface area contributed by atoms with Gasteiger partial charge in [0, 0.05) is 18.8 Å². The van der Waals surface area contributed by atoms with Gasteiger partial charge in [-0.3, -0.25) is 9.59 Å². The number of aromatic nitrogens is 2. The van der Waals surface area contributed by atoms with Gasteiger partial charge in [-0.15, -0.1) is 0 Å². The summed E-state index contributed by atoms with van der Waals surface area (Å²) in [7, 11) is -0.879. The summed E-state index contributed by atoms with van der Waals surface area (Å²) >= 11 is 0. The Balaban J connectivity index is 2.33. The standard InChI is InChI=1S/C14H16N4O4S/c1-9-4-5-10(8-12(9)23(21,22)15-2)16-14(20)11-6-7-13(19)18(3)17-11/h4-8,15H,1-3H3,(H,16,20). The van der Waals surface area contributed by atoms with E-state index in [1.165, 1.54) is 32.3 Å². The van der Waals surface area contributed by atoms with Gasteiger partial charge in [0.15, 0.2) is 0 Å². The van der Waals surface area contributed by atoms with Gasteiger partial charge < -0.3 is 5.32 Å². The van der Waals surface area contributed by atoms with E-state index in [1.807, 2.05) is 0 Å². The predicted molar refractivity (Wildman–Crippen MR) is 84.9 cm³/mol. The third-order valence-electron chi connectivity index (χ3n) is 3.20. The quantitative estimate of drug-likeness (QED) is 0.831. The number of sulfonamides is 1. The first kappa shape index (κ1) is 16.8. The molecular formula is C14H16N4O4S. The number of hydrogen-bond acceptors (Lipinski definition) is 5. The Morgan fingerprint density at radius 1 is 1.22 bits per heavy atom. The maximum absolute atomic E-state index is 12.1. The fraction of sp³-hybridized carbons (Fsp3) is 0.214. The zero-order valence-corrected chi connectivity index (χ0v) is 13.6. The van der Waals surface area contributed by atoms with E-state index in [1.54, 1.807) is 19.1 Å². The van der Waals surface area contributed by atoms with Gasteiger partial charge in [-0.1, -0.05) is 6.07 Å². The molecule has 0 saturated heterocycles. The van der Waals surface area contributed by atoms with Gasteiger partial charge in [-0.05, 0) is 37.7 Å². The largest absolute Gasteiger partial charge is 0.321 e. The minimum Gasteiger partial charge on any atom is -0.321 e. The molecule has 122 valence electrons. The molecule has 0 aliphatic carbocycles. The molecule has 23 heavy (non-hydrogen) atoms. The molecule has 2 N–H and O–H groups in total. The van der Waals surface area contributed by atoms with Gasteiger partial charge >= 0.3 is 0 Å². The first-order valence-electron chi connectivity index (χ1n) is 6.64. The summed E-state index contributed by atoms with van der Waals surface area (Å²) in [6.45, 7) is 1.66. The van der Waals surface area contributed by atoms with E-state index in [0.717, 1.165) is 4.68 Å². The van der Waals surface area contributed by atoms with Crippen LogP contribution in [-0.4, -0.2) is 31.2 Å². The molecule has 2 rings (SSSR count). The maximum atomic E-state index is 12.1. The number of carbonyl (C=O) groups is 1. The molecule has 0 aliphatic heterocycles. The number of nitrogens with zero attached hydrogens (tertiary/aromatic N) is 2.